The summed E-state index contributed by atoms with van der Waals surface area (Å²) in [5, 5.41) is 20.6. The lowest BCUT2D eigenvalue weighted by molar-refractivity contribution is 0.0108. The van der Waals surface area contributed by atoms with Crippen molar-refractivity contribution in [2.75, 3.05) is 13.1 Å². The summed E-state index contributed by atoms with van der Waals surface area (Å²) in [6.45, 7) is 14.8. The Kier molecular flexibility index (Phi) is 5.70. The molecule has 3 atom stereocenters. The van der Waals surface area contributed by atoms with Crippen LogP contribution in [0, 0.1) is 30.6 Å². The van der Waals surface area contributed by atoms with E-state index in [2.05, 4.69) is 62.7 Å². The monoisotopic (exact) mass is 477 g/mol. The molecule has 182 valence electrons. The normalized spacial score (nSPS) is 29.1. The highest BCUT2D eigenvalue weighted by Crippen LogP contribution is 2.58. The van der Waals surface area contributed by atoms with Crippen molar-refractivity contribution in [1.82, 2.24) is 9.88 Å². The van der Waals surface area contributed by atoms with Gasteiger partial charge in [-0.1, -0.05) is 52.3 Å². The number of aliphatic hydroxyl groups is 1. The van der Waals surface area contributed by atoms with Gasteiger partial charge in [0.2, 0.25) is 0 Å². The van der Waals surface area contributed by atoms with Gasteiger partial charge in [-0.2, -0.15) is 0 Å². The van der Waals surface area contributed by atoms with Crippen molar-refractivity contribution < 1.29 is 5.11 Å². The van der Waals surface area contributed by atoms with Gasteiger partial charge in [-0.05, 0) is 78.9 Å². The maximum Gasteiger partial charge on any atom is 0.135 e. The molecule has 2 N–H and O–H groups in total. The predicted octanol–water partition coefficient (Wildman–Crippen LogP) is 7.16. The number of aryl methyl sites for hydroxylation is 3. The number of hydrogen-bond acceptors (Lipinski definition) is 4. The van der Waals surface area contributed by atoms with Crippen molar-refractivity contribution in [2.45, 2.75) is 85.0 Å². The third-order valence-corrected chi connectivity index (χ3v) is 10.2. The molecule has 2 heterocycles. The number of nitrogens with one attached hydrogen (secondary N) is 1. The van der Waals surface area contributed by atoms with Gasteiger partial charge in [0.25, 0.3) is 0 Å². The van der Waals surface area contributed by atoms with Gasteiger partial charge in [0.15, 0.2) is 0 Å². The molecule has 1 aliphatic heterocycles. The van der Waals surface area contributed by atoms with Crippen molar-refractivity contribution >= 4 is 22.7 Å². The third-order valence-electron chi connectivity index (χ3n) is 9.14. The molecule has 1 saturated carbocycles. The van der Waals surface area contributed by atoms with Crippen LogP contribution < -0.4 is 0 Å². The summed E-state index contributed by atoms with van der Waals surface area (Å²) in [5.41, 5.74) is 6.48. The maximum absolute atomic E-state index is 10.8. The molecule has 0 saturated heterocycles. The number of hydrogen-bond donors (Lipinski definition) is 2. The van der Waals surface area contributed by atoms with E-state index in [4.69, 9.17) is 5.41 Å². The van der Waals surface area contributed by atoms with E-state index in [0.717, 1.165) is 28.5 Å². The Labute approximate surface area is 208 Å². The number of aliphatic hydroxyl groups excluding tert-OH is 1. The van der Waals surface area contributed by atoms with Crippen LogP contribution in [-0.4, -0.2) is 33.9 Å². The predicted molar refractivity (Wildman–Crippen MR) is 142 cm³/mol. The van der Waals surface area contributed by atoms with E-state index in [1.165, 1.54) is 31.2 Å². The van der Waals surface area contributed by atoms with Gasteiger partial charge < -0.3 is 10.0 Å². The van der Waals surface area contributed by atoms with Crippen LogP contribution in [0.3, 0.4) is 0 Å². The van der Waals surface area contributed by atoms with E-state index in [1.807, 2.05) is 6.92 Å². The molecule has 2 aliphatic carbocycles. The lowest BCUT2D eigenvalue weighted by atomic mass is 9.49. The molecule has 1 fully saturated rings. The summed E-state index contributed by atoms with van der Waals surface area (Å²) < 4.78 is 0. The van der Waals surface area contributed by atoms with E-state index in [-0.39, 0.29) is 10.8 Å². The van der Waals surface area contributed by atoms with Crippen LogP contribution in [0.5, 0.6) is 0 Å². The Morgan fingerprint density at radius 2 is 2.00 bits per heavy atom. The molecule has 1 aromatic carbocycles. The zero-order valence-electron chi connectivity index (χ0n) is 21.6. The van der Waals surface area contributed by atoms with Crippen molar-refractivity contribution in [1.29, 1.82) is 5.41 Å². The van der Waals surface area contributed by atoms with Crippen LogP contribution in [0.1, 0.15) is 91.6 Å². The maximum atomic E-state index is 10.8. The summed E-state index contributed by atoms with van der Waals surface area (Å²) in [5.74, 6) is 1.89. The minimum Gasteiger partial charge on any atom is -0.510 e. The molecule has 0 amide bonds. The van der Waals surface area contributed by atoms with Gasteiger partial charge in [0, 0.05) is 11.4 Å². The van der Waals surface area contributed by atoms with Crippen molar-refractivity contribution in [3.63, 3.8) is 0 Å². The minimum absolute atomic E-state index is 0.109. The van der Waals surface area contributed by atoms with E-state index < -0.39 is 0 Å². The van der Waals surface area contributed by atoms with Gasteiger partial charge in [-0.25, -0.2) is 4.98 Å². The lowest BCUT2D eigenvalue weighted by Crippen LogP contribution is -2.53. The Bertz CT molecular complexity index is 1160. The molecular formula is C29H39N3OS. The van der Waals surface area contributed by atoms with Crippen LogP contribution in [0.2, 0.25) is 0 Å². The van der Waals surface area contributed by atoms with Crippen LogP contribution in [0.4, 0.5) is 0 Å². The second kappa shape index (κ2) is 8.22. The lowest BCUT2D eigenvalue weighted by Gasteiger charge is -2.56. The molecule has 0 spiro atoms. The first kappa shape index (κ1) is 23.6. The van der Waals surface area contributed by atoms with Gasteiger partial charge >= 0.3 is 0 Å². The van der Waals surface area contributed by atoms with E-state index in [0.29, 0.717) is 35.5 Å². The summed E-state index contributed by atoms with van der Waals surface area (Å²) in [6.07, 6.45) is 6.00. The second-order valence-electron chi connectivity index (χ2n) is 11.8. The quantitative estimate of drug-likeness (QED) is 0.491. The molecule has 1 aromatic heterocycles. The van der Waals surface area contributed by atoms with Gasteiger partial charge in [0.1, 0.15) is 16.6 Å². The highest BCUT2D eigenvalue weighted by atomic mass is 32.1. The second-order valence-corrected chi connectivity index (χ2v) is 13.0. The van der Waals surface area contributed by atoms with E-state index in [1.54, 1.807) is 22.5 Å². The molecule has 5 heteroatoms. The minimum atomic E-state index is 0.109. The first-order valence-corrected chi connectivity index (χ1v) is 13.7. The fourth-order valence-corrected chi connectivity index (χ4v) is 8.18. The zero-order chi connectivity index (χ0) is 24.4. The first-order valence-electron chi connectivity index (χ1n) is 12.9. The van der Waals surface area contributed by atoms with Crippen molar-refractivity contribution in [2.24, 2.45) is 11.3 Å². The topological polar surface area (TPSA) is 60.2 Å². The van der Waals surface area contributed by atoms with Crippen LogP contribution in [-0.2, 0) is 11.8 Å². The number of rotatable bonds is 4. The molecule has 2 aromatic rings. The SMILES string of the molecule is Cc1nc(C2=C(O)CN(C[C@]3(C)CCC[C@@]4(C)c5ccc(C(C)C)cc5CC[C@@H]34)C2=N)sc1C. The largest absolute Gasteiger partial charge is 0.510 e. The molecular weight excluding hydrogens is 438 g/mol. The molecule has 0 radical (unpaired) electrons. The molecule has 3 aliphatic rings. The summed E-state index contributed by atoms with van der Waals surface area (Å²) >= 11 is 1.58. The van der Waals surface area contributed by atoms with Crippen LogP contribution in [0.25, 0.3) is 5.57 Å². The molecule has 4 nitrogen and oxygen atoms in total. The summed E-state index contributed by atoms with van der Waals surface area (Å²) in [6, 6.07) is 7.25. The number of fused-ring (bicyclic) bond motifs is 3. The van der Waals surface area contributed by atoms with Crippen LogP contribution in [0.15, 0.2) is 24.0 Å². The van der Waals surface area contributed by atoms with Gasteiger partial charge in [-0.15, -0.1) is 11.3 Å². The Morgan fingerprint density at radius 3 is 2.68 bits per heavy atom. The highest BCUT2D eigenvalue weighted by Gasteiger charge is 2.52. The average molecular weight is 478 g/mol. The zero-order valence-corrected chi connectivity index (χ0v) is 22.4. The van der Waals surface area contributed by atoms with Crippen LogP contribution >= 0.6 is 11.3 Å². The fraction of sp³-hybridized carbons (Fsp3) is 0.586. The fourth-order valence-electron chi connectivity index (χ4n) is 7.20. The number of thiazole rings is 1. The number of benzene rings is 1. The van der Waals surface area contributed by atoms with Gasteiger partial charge in [0.05, 0.1) is 17.8 Å². The van der Waals surface area contributed by atoms with Crippen molar-refractivity contribution in [3.8, 4) is 0 Å². The molecule has 5 rings (SSSR count). The average Bonchev–Trinajstić information content (AvgIpc) is 3.24. The molecule has 34 heavy (non-hydrogen) atoms. The number of aromatic nitrogens is 1. The summed E-state index contributed by atoms with van der Waals surface area (Å²) in [4.78, 5) is 7.91. The summed E-state index contributed by atoms with van der Waals surface area (Å²) in [7, 11) is 0. The number of nitrogens with zero attached hydrogens (tertiary/aromatic N) is 2. The van der Waals surface area contributed by atoms with Crippen molar-refractivity contribution in [3.05, 3.63) is 56.2 Å². The smallest absolute Gasteiger partial charge is 0.135 e. The molecule has 0 unspecified atom stereocenters. The highest BCUT2D eigenvalue weighted by molar-refractivity contribution is 7.13. The third kappa shape index (κ3) is 3.62. The Morgan fingerprint density at radius 1 is 1.24 bits per heavy atom. The standard InChI is InChI=1S/C29H39N3OS/c1-17(2)20-8-10-22-21(14-20)9-11-24-28(5,12-7-13-29(22,24)6)16-32-15-23(33)25(26(32)30)27-31-18(3)19(4)34-27/h8,10,14,17,24,30,33H,7,9,11-13,15-16H2,1-6H3/t24-,28-,29-/m0/s1. The van der Waals surface area contributed by atoms with E-state index >= 15 is 0 Å². The van der Waals surface area contributed by atoms with Gasteiger partial charge in [-0.3, -0.25) is 5.41 Å². The first-order chi connectivity index (χ1) is 16.0. The molecule has 0 bridgehead atoms. The Hall–Kier alpha value is -2.14. The van der Waals surface area contributed by atoms with E-state index in [9.17, 15) is 5.11 Å². The number of amidine groups is 1. The Balaban J connectivity index is 1.41.